The fourth-order valence-electron chi connectivity index (χ4n) is 3.58. The van der Waals surface area contributed by atoms with Gasteiger partial charge < -0.3 is 20.8 Å². The van der Waals surface area contributed by atoms with Gasteiger partial charge in [-0.3, -0.25) is 9.59 Å². The molecule has 3 rings (SSSR count). The van der Waals surface area contributed by atoms with Crippen LogP contribution in [0.25, 0.3) is 21.9 Å². The number of fused-ring (bicyclic) bond motifs is 1. The molecule has 2 aromatic carbocycles. The van der Waals surface area contributed by atoms with E-state index in [1.807, 2.05) is 30.3 Å². The van der Waals surface area contributed by atoms with Crippen LogP contribution in [-0.2, 0) is 17.9 Å². The molecular weight excluding hydrogens is 378 g/mol. The average Bonchev–Trinajstić information content (AvgIpc) is 2.69. The minimum absolute atomic E-state index is 0.0838. The summed E-state index contributed by atoms with van der Waals surface area (Å²) >= 11 is 0. The number of benzene rings is 2. The number of hydrogen-bond acceptors (Lipinski definition) is 4. The van der Waals surface area contributed by atoms with Crippen molar-refractivity contribution in [3.8, 4) is 16.9 Å². The van der Waals surface area contributed by atoms with E-state index in [1.54, 1.807) is 36.6 Å². The van der Waals surface area contributed by atoms with Gasteiger partial charge in [-0.25, -0.2) is 0 Å². The van der Waals surface area contributed by atoms with Crippen molar-refractivity contribution in [2.45, 2.75) is 46.4 Å². The molecule has 6 nitrogen and oxygen atoms in total. The number of carbonyl (C=O) groups excluding carboxylic acids is 1. The molecule has 1 aromatic heterocycles. The third kappa shape index (κ3) is 4.09. The highest BCUT2D eigenvalue weighted by molar-refractivity contribution is 5.98. The molecule has 158 valence electrons. The lowest BCUT2D eigenvalue weighted by Crippen LogP contribution is -2.43. The highest BCUT2D eigenvalue weighted by Crippen LogP contribution is 2.34. The topological polar surface area (TPSA) is 100 Å². The zero-order valence-electron chi connectivity index (χ0n) is 17.9. The Morgan fingerprint density at radius 2 is 1.77 bits per heavy atom. The number of primary amides is 1. The van der Waals surface area contributed by atoms with Crippen LogP contribution >= 0.6 is 0 Å². The van der Waals surface area contributed by atoms with E-state index in [1.165, 1.54) is 0 Å². The standard InChI is InChI=1S/C24H29N3O3/c1-15(2)14-27-20(13-25)21(16-8-6-5-7-9-16)19-12-17(10-11-18(19)22(27)28)30-24(3,4)23(26)29/h5-12,15H,13-14,25H2,1-4H3,(H2,26,29). The molecule has 1 heterocycles. The third-order valence-electron chi connectivity index (χ3n) is 5.12. The molecule has 0 saturated carbocycles. The van der Waals surface area contributed by atoms with Crippen molar-refractivity contribution in [1.29, 1.82) is 0 Å². The monoisotopic (exact) mass is 407 g/mol. The molecule has 6 heteroatoms. The molecule has 0 atom stereocenters. The van der Waals surface area contributed by atoms with Crippen LogP contribution in [0.4, 0.5) is 0 Å². The Labute approximate surface area is 176 Å². The summed E-state index contributed by atoms with van der Waals surface area (Å²) in [5.74, 6) is 0.182. The number of carbonyl (C=O) groups is 1. The number of nitrogens with zero attached hydrogens (tertiary/aromatic N) is 1. The highest BCUT2D eigenvalue weighted by Gasteiger charge is 2.27. The molecule has 0 spiro atoms. The zero-order chi connectivity index (χ0) is 22.1. The first-order chi connectivity index (χ1) is 14.2. The second-order valence-electron chi connectivity index (χ2n) is 8.39. The Morgan fingerprint density at radius 1 is 1.10 bits per heavy atom. The number of aromatic nitrogens is 1. The molecule has 0 aliphatic carbocycles. The van der Waals surface area contributed by atoms with Gasteiger partial charge in [0.2, 0.25) is 0 Å². The van der Waals surface area contributed by atoms with Crippen molar-refractivity contribution in [2.24, 2.45) is 17.4 Å². The van der Waals surface area contributed by atoms with Crippen molar-refractivity contribution in [1.82, 2.24) is 4.57 Å². The first kappa shape index (κ1) is 21.6. The van der Waals surface area contributed by atoms with E-state index in [4.69, 9.17) is 16.2 Å². The van der Waals surface area contributed by atoms with Crippen molar-refractivity contribution in [3.05, 3.63) is 64.6 Å². The van der Waals surface area contributed by atoms with Gasteiger partial charge in [-0.15, -0.1) is 0 Å². The molecule has 0 fully saturated rings. The summed E-state index contributed by atoms with van der Waals surface area (Å²) in [6, 6.07) is 15.1. The molecule has 4 N–H and O–H groups in total. The molecule has 0 unspecified atom stereocenters. The molecule has 0 bridgehead atoms. The fourth-order valence-corrected chi connectivity index (χ4v) is 3.58. The first-order valence-corrected chi connectivity index (χ1v) is 10.1. The number of hydrogen-bond donors (Lipinski definition) is 2. The van der Waals surface area contributed by atoms with Crippen LogP contribution < -0.4 is 21.8 Å². The minimum Gasteiger partial charge on any atom is -0.478 e. The molecule has 1 amide bonds. The normalized spacial score (nSPS) is 11.8. The Balaban J connectivity index is 2.36. The summed E-state index contributed by atoms with van der Waals surface area (Å²) in [5, 5.41) is 1.32. The van der Waals surface area contributed by atoms with Gasteiger partial charge in [0.25, 0.3) is 11.5 Å². The Kier molecular flexibility index (Phi) is 5.99. The van der Waals surface area contributed by atoms with Gasteiger partial charge in [-0.2, -0.15) is 0 Å². The summed E-state index contributed by atoms with van der Waals surface area (Å²) in [5.41, 5.74) is 13.0. The number of ether oxygens (including phenoxy) is 1. The predicted octanol–water partition coefficient (Wildman–Crippen LogP) is 3.43. The van der Waals surface area contributed by atoms with Crippen LogP contribution in [0.15, 0.2) is 53.3 Å². The van der Waals surface area contributed by atoms with Gasteiger partial charge >= 0.3 is 0 Å². The van der Waals surface area contributed by atoms with E-state index in [-0.39, 0.29) is 18.0 Å². The van der Waals surface area contributed by atoms with Gasteiger partial charge in [0.05, 0.1) is 0 Å². The lowest BCUT2D eigenvalue weighted by atomic mass is 9.96. The Bertz CT molecular complexity index is 1130. The van der Waals surface area contributed by atoms with Crippen LogP contribution in [0, 0.1) is 5.92 Å². The van der Waals surface area contributed by atoms with Crippen molar-refractivity contribution in [2.75, 3.05) is 0 Å². The molecule has 0 aliphatic rings. The van der Waals surface area contributed by atoms with Crippen molar-refractivity contribution < 1.29 is 9.53 Å². The molecule has 3 aromatic rings. The van der Waals surface area contributed by atoms with E-state index in [0.29, 0.717) is 17.7 Å². The number of pyridine rings is 1. The zero-order valence-corrected chi connectivity index (χ0v) is 17.9. The summed E-state index contributed by atoms with van der Waals surface area (Å²) < 4.78 is 7.64. The quantitative estimate of drug-likeness (QED) is 0.627. The van der Waals surface area contributed by atoms with Gasteiger partial charge in [0.1, 0.15) is 5.75 Å². The Morgan fingerprint density at radius 3 is 2.33 bits per heavy atom. The van der Waals surface area contributed by atoms with Gasteiger partial charge in [-0.1, -0.05) is 44.2 Å². The second-order valence-corrected chi connectivity index (χ2v) is 8.39. The van der Waals surface area contributed by atoms with E-state index < -0.39 is 11.5 Å². The average molecular weight is 408 g/mol. The van der Waals surface area contributed by atoms with Crippen LogP contribution in [0.1, 0.15) is 33.4 Å². The number of rotatable bonds is 7. The molecule has 0 radical (unpaired) electrons. The summed E-state index contributed by atoms with van der Waals surface area (Å²) in [6.45, 7) is 8.17. The predicted molar refractivity (Wildman–Crippen MR) is 120 cm³/mol. The number of amides is 1. The van der Waals surface area contributed by atoms with E-state index in [9.17, 15) is 9.59 Å². The first-order valence-electron chi connectivity index (χ1n) is 10.1. The van der Waals surface area contributed by atoms with Crippen molar-refractivity contribution in [3.63, 3.8) is 0 Å². The summed E-state index contributed by atoms with van der Waals surface area (Å²) in [4.78, 5) is 25.0. The SMILES string of the molecule is CC(C)Cn1c(CN)c(-c2ccccc2)c2cc(OC(C)(C)C(N)=O)ccc2c1=O. The molecule has 0 aliphatic heterocycles. The Hall–Kier alpha value is -3.12. The van der Waals surface area contributed by atoms with Crippen LogP contribution in [0.3, 0.4) is 0 Å². The van der Waals surface area contributed by atoms with Gasteiger partial charge in [0, 0.05) is 35.1 Å². The summed E-state index contributed by atoms with van der Waals surface area (Å²) in [7, 11) is 0. The maximum absolute atomic E-state index is 13.3. The lowest BCUT2D eigenvalue weighted by molar-refractivity contribution is -0.130. The van der Waals surface area contributed by atoms with Crippen molar-refractivity contribution >= 4 is 16.7 Å². The summed E-state index contributed by atoms with van der Waals surface area (Å²) in [6.07, 6.45) is 0. The lowest BCUT2D eigenvalue weighted by Gasteiger charge is -2.24. The van der Waals surface area contributed by atoms with Crippen LogP contribution in [0.5, 0.6) is 5.75 Å². The second kappa shape index (κ2) is 8.32. The maximum atomic E-state index is 13.3. The van der Waals surface area contributed by atoms with Gasteiger partial charge in [0.15, 0.2) is 5.60 Å². The fraction of sp³-hybridized carbons (Fsp3) is 0.333. The van der Waals surface area contributed by atoms with E-state index in [0.717, 1.165) is 22.2 Å². The van der Waals surface area contributed by atoms with E-state index >= 15 is 0 Å². The van der Waals surface area contributed by atoms with E-state index in [2.05, 4.69) is 13.8 Å². The van der Waals surface area contributed by atoms with Gasteiger partial charge in [-0.05, 0) is 43.5 Å². The third-order valence-corrected chi connectivity index (χ3v) is 5.12. The maximum Gasteiger partial charge on any atom is 0.261 e. The molecule has 30 heavy (non-hydrogen) atoms. The smallest absolute Gasteiger partial charge is 0.261 e. The number of nitrogens with two attached hydrogens (primary N) is 2. The van der Waals surface area contributed by atoms with Crippen LogP contribution in [0.2, 0.25) is 0 Å². The van der Waals surface area contributed by atoms with Crippen LogP contribution in [-0.4, -0.2) is 16.1 Å². The largest absolute Gasteiger partial charge is 0.478 e. The molecular formula is C24H29N3O3. The minimum atomic E-state index is -1.18. The molecule has 0 saturated heterocycles. The highest BCUT2D eigenvalue weighted by atomic mass is 16.5.